The molecular formula is C14H13NOS2. The Labute approximate surface area is 116 Å². The van der Waals surface area contributed by atoms with E-state index in [2.05, 4.69) is 31.2 Å². The number of aliphatic hydroxyl groups is 1. The quantitative estimate of drug-likeness (QED) is 0.807. The highest BCUT2D eigenvalue weighted by Crippen LogP contribution is 2.36. The molecule has 0 aliphatic carbocycles. The molecule has 1 atom stereocenters. The van der Waals surface area contributed by atoms with Gasteiger partial charge in [0.2, 0.25) is 0 Å². The molecule has 1 aliphatic rings. The number of rotatable bonds is 1. The molecule has 1 saturated heterocycles. The molecule has 1 unspecified atom stereocenters. The highest BCUT2D eigenvalue weighted by molar-refractivity contribution is 8.23. The predicted octanol–water partition coefficient (Wildman–Crippen LogP) is 3.30. The number of anilines is 1. The lowest BCUT2D eigenvalue weighted by molar-refractivity contribution is 0.213. The van der Waals surface area contributed by atoms with Crippen LogP contribution in [0.15, 0.2) is 36.4 Å². The number of fused-ring (bicyclic) bond motifs is 1. The van der Waals surface area contributed by atoms with Crippen LogP contribution in [0.5, 0.6) is 0 Å². The monoisotopic (exact) mass is 275 g/mol. The van der Waals surface area contributed by atoms with Crippen molar-refractivity contribution in [1.82, 2.24) is 0 Å². The van der Waals surface area contributed by atoms with Gasteiger partial charge in [-0.2, -0.15) is 0 Å². The minimum Gasteiger partial charge on any atom is -0.372 e. The van der Waals surface area contributed by atoms with E-state index in [9.17, 15) is 5.11 Å². The Morgan fingerprint density at radius 2 is 2.06 bits per heavy atom. The zero-order valence-electron chi connectivity index (χ0n) is 9.96. The van der Waals surface area contributed by atoms with Gasteiger partial charge in [-0.05, 0) is 17.9 Å². The molecule has 0 bridgehead atoms. The minimum atomic E-state index is -0.521. The van der Waals surface area contributed by atoms with Crippen molar-refractivity contribution < 1.29 is 5.11 Å². The Balaban J connectivity index is 2.27. The Morgan fingerprint density at radius 1 is 1.28 bits per heavy atom. The van der Waals surface area contributed by atoms with E-state index in [-0.39, 0.29) is 0 Å². The second-order valence-corrected chi connectivity index (χ2v) is 6.03. The largest absolute Gasteiger partial charge is 0.372 e. The van der Waals surface area contributed by atoms with Crippen LogP contribution in [0.3, 0.4) is 0 Å². The standard InChI is InChI=1S/C14H13NOS2/c1-9-6-7-10-4-2-3-5-11(10)13(9)15-12(16)8-18-14(15)17/h2-7,12,16H,8H2,1H3. The van der Waals surface area contributed by atoms with Crippen LogP contribution in [-0.4, -0.2) is 21.4 Å². The van der Waals surface area contributed by atoms with Crippen molar-refractivity contribution in [2.75, 3.05) is 10.7 Å². The van der Waals surface area contributed by atoms with Crippen molar-refractivity contribution in [1.29, 1.82) is 0 Å². The van der Waals surface area contributed by atoms with Gasteiger partial charge in [-0.25, -0.2) is 0 Å². The maximum absolute atomic E-state index is 10.1. The molecule has 2 aromatic rings. The van der Waals surface area contributed by atoms with E-state index in [0.29, 0.717) is 5.75 Å². The number of nitrogens with zero attached hydrogens (tertiary/aromatic N) is 1. The minimum absolute atomic E-state index is 0.521. The molecule has 0 saturated carbocycles. The molecule has 0 aromatic heterocycles. The van der Waals surface area contributed by atoms with Crippen LogP contribution < -0.4 is 4.90 Å². The average molecular weight is 275 g/mol. The normalized spacial score (nSPS) is 19.8. The van der Waals surface area contributed by atoms with E-state index in [4.69, 9.17) is 12.2 Å². The molecule has 1 N–H and O–H groups in total. The van der Waals surface area contributed by atoms with Crippen LogP contribution in [-0.2, 0) is 0 Å². The number of hydrogen-bond donors (Lipinski definition) is 1. The molecule has 2 nitrogen and oxygen atoms in total. The first kappa shape index (κ1) is 12.0. The summed E-state index contributed by atoms with van der Waals surface area (Å²) >= 11 is 6.88. The summed E-state index contributed by atoms with van der Waals surface area (Å²) in [6.45, 7) is 2.06. The number of thiocarbonyl (C=S) groups is 1. The van der Waals surface area contributed by atoms with Crippen LogP contribution in [0.25, 0.3) is 10.8 Å². The van der Waals surface area contributed by atoms with Crippen molar-refractivity contribution in [3.8, 4) is 0 Å². The van der Waals surface area contributed by atoms with Gasteiger partial charge in [-0.3, -0.25) is 4.90 Å². The van der Waals surface area contributed by atoms with Gasteiger partial charge < -0.3 is 5.11 Å². The number of thioether (sulfide) groups is 1. The fraction of sp³-hybridized carbons (Fsp3) is 0.214. The van der Waals surface area contributed by atoms with Gasteiger partial charge in [0.25, 0.3) is 0 Å². The lowest BCUT2D eigenvalue weighted by Gasteiger charge is -2.25. The second kappa shape index (κ2) is 4.53. The molecule has 4 heteroatoms. The molecule has 1 aliphatic heterocycles. The van der Waals surface area contributed by atoms with Crippen molar-refractivity contribution in [3.63, 3.8) is 0 Å². The van der Waals surface area contributed by atoms with Gasteiger partial charge in [0, 0.05) is 11.1 Å². The molecule has 0 amide bonds. The zero-order valence-corrected chi connectivity index (χ0v) is 11.6. The van der Waals surface area contributed by atoms with Crippen LogP contribution in [0.2, 0.25) is 0 Å². The Morgan fingerprint density at radius 3 is 2.78 bits per heavy atom. The van der Waals surface area contributed by atoms with E-state index in [1.807, 2.05) is 17.0 Å². The molecule has 2 aromatic carbocycles. The van der Waals surface area contributed by atoms with Gasteiger partial charge in [0.05, 0.1) is 5.69 Å². The Bertz CT molecular complexity index is 626. The summed E-state index contributed by atoms with van der Waals surface area (Å²) in [6.07, 6.45) is -0.521. The van der Waals surface area contributed by atoms with Gasteiger partial charge >= 0.3 is 0 Å². The third-order valence-corrected chi connectivity index (χ3v) is 4.65. The first-order chi connectivity index (χ1) is 8.68. The second-order valence-electron chi connectivity index (χ2n) is 4.38. The average Bonchev–Trinajstić information content (AvgIpc) is 2.70. The molecule has 1 heterocycles. The molecular weight excluding hydrogens is 262 g/mol. The van der Waals surface area contributed by atoms with Crippen molar-refractivity contribution >= 4 is 44.8 Å². The summed E-state index contributed by atoms with van der Waals surface area (Å²) in [5.74, 6) is 0.640. The van der Waals surface area contributed by atoms with Crippen LogP contribution in [0, 0.1) is 6.92 Å². The number of aryl methyl sites for hydroxylation is 1. The van der Waals surface area contributed by atoms with E-state index >= 15 is 0 Å². The molecule has 92 valence electrons. The highest BCUT2D eigenvalue weighted by Gasteiger charge is 2.30. The topological polar surface area (TPSA) is 23.5 Å². The number of hydrogen-bond acceptors (Lipinski definition) is 3. The van der Waals surface area contributed by atoms with E-state index in [1.165, 1.54) is 17.1 Å². The van der Waals surface area contributed by atoms with E-state index in [0.717, 1.165) is 21.0 Å². The van der Waals surface area contributed by atoms with Crippen molar-refractivity contribution in [2.24, 2.45) is 0 Å². The van der Waals surface area contributed by atoms with Crippen LogP contribution in [0.1, 0.15) is 5.56 Å². The first-order valence-corrected chi connectivity index (χ1v) is 7.20. The number of aliphatic hydroxyl groups excluding tert-OH is 1. The molecule has 0 radical (unpaired) electrons. The summed E-state index contributed by atoms with van der Waals surface area (Å²) in [7, 11) is 0. The van der Waals surface area contributed by atoms with Crippen LogP contribution in [0.4, 0.5) is 5.69 Å². The van der Waals surface area contributed by atoms with Gasteiger partial charge in [-0.15, -0.1) is 0 Å². The summed E-state index contributed by atoms with van der Waals surface area (Å²) in [5.41, 5.74) is 2.17. The lowest BCUT2D eigenvalue weighted by Crippen LogP contribution is -2.33. The maximum atomic E-state index is 10.1. The molecule has 3 rings (SSSR count). The van der Waals surface area contributed by atoms with Gasteiger partial charge in [0.1, 0.15) is 10.5 Å². The first-order valence-electron chi connectivity index (χ1n) is 5.81. The van der Waals surface area contributed by atoms with Gasteiger partial charge in [0.15, 0.2) is 0 Å². The Hall–Kier alpha value is -1.10. The fourth-order valence-electron chi connectivity index (χ4n) is 2.34. The third-order valence-electron chi connectivity index (χ3n) is 3.19. The smallest absolute Gasteiger partial charge is 0.143 e. The molecule has 0 spiro atoms. The molecule has 1 fully saturated rings. The molecule has 18 heavy (non-hydrogen) atoms. The third kappa shape index (κ3) is 1.81. The highest BCUT2D eigenvalue weighted by atomic mass is 32.2. The predicted molar refractivity (Wildman–Crippen MR) is 82.2 cm³/mol. The SMILES string of the molecule is Cc1ccc2ccccc2c1N1C(=S)SCC1O. The summed E-state index contributed by atoms with van der Waals surface area (Å²) in [6, 6.07) is 12.4. The summed E-state index contributed by atoms with van der Waals surface area (Å²) in [5, 5.41) is 12.4. The fourth-order valence-corrected chi connectivity index (χ4v) is 3.55. The Kier molecular flexibility index (Phi) is 3.01. The van der Waals surface area contributed by atoms with Gasteiger partial charge in [-0.1, -0.05) is 60.4 Å². The lowest BCUT2D eigenvalue weighted by atomic mass is 10.0. The van der Waals surface area contributed by atoms with Crippen LogP contribution >= 0.6 is 24.0 Å². The maximum Gasteiger partial charge on any atom is 0.143 e. The summed E-state index contributed by atoms with van der Waals surface area (Å²) in [4.78, 5) is 1.87. The van der Waals surface area contributed by atoms with E-state index in [1.54, 1.807) is 0 Å². The zero-order chi connectivity index (χ0) is 12.7. The van der Waals surface area contributed by atoms with E-state index < -0.39 is 6.23 Å². The van der Waals surface area contributed by atoms with Crippen molar-refractivity contribution in [2.45, 2.75) is 13.2 Å². The number of benzene rings is 2. The summed E-state index contributed by atoms with van der Waals surface area (Å²) < 4.78 is 0.752. The van der Waals surface area contributed by atoms with Crippen molar-refractivity contribution in [3.05, 3.63) is 42.0 Å².